The molecule has 6 nitrogen and oxygen atoms in total. The highest BCUT2D eigenvalue weighted by atomic mass is 19.3. The Labute approximate surface area is 177 Å². The van der Waals surface area contributed by atoms with E-state index in [1.807, 2.05) is 4.90 Å². The van der Waals surface area contributed by atoms with Gasteiger partial charge in [-0.3, -0.25) is 4.99 Å². The minimum Gasteiger partial charge on any atom is -0.435 e. The second-order valence-corrected chi connectivity index (χ2v) is 6.87. The summed E-state index contributed by atoms with van der Waals surface area (Å²) in [5.74, 6) is 0.782. The molecular formula is C21H24F4N4O2. The Hall–Kier alpha value is -3.17. The molecule has 0 bridgehead atoms. The molecule has 10 heteroatoms. The topological polar surface area (TPSA) is 58.1 Å². The Morgan fingerprint density at radius 3 is 2.61 bits per heavy atom. The normalized spacial score (nSPS) is 16.7. The summed E-state index contributed by atoms with van der Waals surface area (Å²) < 4.78 is 59.1. The number of aliphatic imine (C=N–C) groups is 1. The van der Waals surface area contributed by atoms with Crippen molar-refractivity contribution in [3.8, 4) is 11.5 Å². The van der Waals surface area contributed by atoms with E-state index in [1.165, 1.54) is 18.2 Å². The fourth-order valence-electron chi connectivity index (χ4n) is 3.42. The molecule has 2 aromatic carbocycles. The lowest BCUT2D eigenvalue weighted by molar-refractivity contribution is -0.0504. The van der Waals surface area contributed by atoms with Gasteiger partial charge in [0.1, 0.15) is 11.5 Å². The quantitative estimate of drug-likeness (QED) is 0.371. The van der Waals surface area contributed by atoms with Gasteiger partial charge in [-0.1, -0.05) is 24.3 Å². The first kappa shape index (κ1) is 22.5. The molecule has 0 spiro atoms. The van der Waals surface area contributed by atoms with Crippen molar-refractivity contribution in [1.82, 2.24) is 10.6 Å². The van der Waals surface area contributed by atoms with Gasteiger partial charge in [0.25, 0.3) is 0 Å². The fourth-order valence-corrected chi connectivity index (χ4v) is 3.42. The molecule has 1 atom stereocenters. The van der Waals surface area contributed by atoms with Crippen LogP contribution in [0.2, 0.25) is 0 Å². The predicted molar refractivity (Wildman–Crippen MR) is 110 cm³/mol. The third kappa shape index (κ3) is 6.66. The first-order chi connectivity index (χ1) is 14.9. The molecule has 0 amide bonds. The summed E-state index contributed by atoms with van der Waals surface area (Å²) in [6.07, 6.45) is 0.779. The zero-order chi connectivity index (χ0) is 22.2. The van der Waals surface area contributed by atoms with Crippen LogP contribution in [0.25, 0.3) is 0 Å². The molecule has 2 N–H and O–H groups in total. The van der Waals surface area contributed by atoms with Gasteiger partial charge in [0.05, 0.1) is 5.69 Å². The third-order valence-corrected chi connectivity index (χ3v) is 4.76. The molecule has 168 valence electrons. The number of halogens is 4. The summed E-state index contributed by atoms with van der Waals surface area (Å²) in [7, 11) is 1.63. The van der Waals surface area contributed by atoms with Crippen LogP contribution in [0.3, 0.4) is 0 Å². The maximum absolute atomic E-state index is 12.7. The van der Waals surface area contributed by atoms with Gasteiger partial charge in [-0.05, 0) is 36.2 Å². The van der Waals surface area contributed by atoms with E-state index >= 15 is 0 Å². The molecule has 2 aromatic rings. The summed E-state index contributed by atoms with van der Waals surface area (Å²) in [4.78, 5) is 6.17. The standard InChI is InChI=1S/C21H24F4N4O2/c1-26-21(27-12-14-5-4-6-16(11-14)30-19(22)23)28-15-9-10-29(13-15)17-7-2-3-8-18(17)31-20(24)25/h2-8,11,15,19-20H,9-10,12-13H2,1H3,(H2,26,27,28). The summed E-state index contributed by atoms with van der Waals surface area (Å²) >= 11 is 0. The second kappa shape index (κ2) is 10.7. The van der Waals surface area contributed by atoms with E-state index in [0.717, 1.165) is 12.0 Å². The number of hydrogen-bond donors (Lipinski definition) is 2. The van der Waals surface area contributed by atoms with Crippen molar-refractivity contribution in [2.75, 3.05) is 25.0 Å². The lowest BCUT2D eigenvalue weighted by Crippen LogP contribution is -2.44. The van der Waals surface area contributed by atoms with Gasteiger partial charge in [-0.2, -0.15) is 17.6 Å². The summed E-state index contributed by atoms with van der Waals surface area (Å²) in [5.41, 5.74) is 1.37. The Morgan fingerprint density at radius 1 is 1.10 bits per heavy atom. The van der Waals surface area contributed by atoms with Gasteiger partial charge in [-0.15, -0.1) is 0 Å². The minimum atomic E-state index is -2.88. The number of ether oxygens (including phenoxy) is 2. The van der Waals surface area contributed by atoms with E-state index in [9.17, 15) is 17.6 Å². The van der Waals surface area contributed by atoms with Crippen LogP contribution in [0.5, 0.6) is 11.5 Å². The monoisotopic (exact) mass is 440 g/mol. The lowest BCUT2D eigenvalue weighted by atomic mass is 10.2. The highest BCUT2D eigenvalue weighted by Crippen LogP contribution is 2.31. The Morgan fingerprint density at radius 2 is 1.87 bits per heavy atom. The van der Waals surface area contributed by atoms with Crippen molar-refractivity contribution in [2.45, 2.75) is 32.2 Å². The second-order valence-electron chi connectivity index (χ2n) is 6.87. The first-order valence-electron chi connectivity index (χ1n) is 9.74. The number of anilines is 1. The number of guanidine groups is 1. The van der Waals surface area contributed by atoms with E-state index in [2.05, 4.69) is 25.1 Å². The Bertz CT molecular complexity index is 882. The van der Waals surface area contributed by atoms with E-state index < -0.39 is 13.2 Å². The molecule has 1 aliphatic heterocycles. The summed E-state index contributed by atoms with van der Waals surface area (Å²) in [5, 5.41) is 6.44. The molecule has 1 saturated heterocycles. The zero-order valence-electron chi connectivity index (χ0n) is 16.9. The molecule has 1 fully saturated rings. The molecular weight excluding hydrogens is 416 g/mol. The SMILES string of the molecule is CN=C(NCc1cccc(OC(F)F)c1)NC1CCN(c2ccccc2OC(F)F)C1. The highest BCUT2D eigenvalue weighted by molar-refractivity contribution is 5.80. The summed E-state index contributed by atoms with van der Waals surface area (Å²) in [6, 6.07) is 13.2. The van der Waals surface area contributed by atoms with Crippen molar-refractivity contribution in [3.05, 3.63) is 54.1 Å². The number of benzene rings is 2. The van der Waals surface area contributed by atoms with Crippen molar-refractivity contribution < 1.29 is 27.0 Å². The van der Waals surface area contributed by atoms with Crippen molar-refractivity contribution >= 4 is 11.6 Å². The summed E-state index contributed by atoms with van der Waals surface area (Å²) in [6.45, 7) is -4.14. The van der Waals surface area contributed by atoms with Crippen LogP contribution >= 0.6 is 0 Å². The van der Waals surface area contributed by atoms with Crippen LogP contribution in [-0.4, -0.2) is 45.4 Å². The number of rotatable bonds is 8. The lowest BCUT2D eigenvalue weighted by Gasteiger charge is -2.22. The molecule has 0 aliphatic carbocycles. The Kier molecular flexibility index (Phi) is 7.80. The van der Waals surface area contributed by atoms with Crippen LogP contribution < -0.4 is 25.0 Å². The van der Waals surface area contributed by atoms with E-state index in [-0.39, 0.29) is 17.5 Å². The Balaban J connectivity index is 1.54. The number of para-hydroxylation sites is 2. The van der Waals surface area contributed by atoms with Crippen LogP contribution in [0.1, 0.15) is 12.0 Å². The number of hydrogen-bond acceptors (Lipinski definition) is 4. The van der Waals surface area contributed by atoms with Gasteiger partial charge < -0.3 is 25.0 Å². The van der Waals surface area contributed by atoms with Gasteiger partial charge >= 0.3 is 13.2 Å². The number of nitrogens with one attached hydrogen (secondary N) is 2. The first-order valence-corrected chi connectivity index (χ1v) is 9.74. The fraction of sp³-hybridized carbons (Fsp3) is 0.381. The predicted octanol–water partition coefficient (Wildman–Crippen LogP) is 3.83. The molecule has 0 aromatic heterocycles. The average Bonchev–Trinajstić information content (AvgIpc) is 3.19. The molecule has 31 heavy (non-hydrogen) atoms. The third-order valence-electron chi connectivity index (χ3n) is 4.76. The zero-order valence-corrected chi connectivity index (χ0v) is 16.9. The molecule has 1 unspecified atom stereocenters. The smallest absolute Gasteiger partial charge is 0.387 e. The number of nitrogens with zero attached hydrogens (tertiary/aromatic N) is 2. The van der Waals surface area contributed by atoms with Gasteiger partial charge in [-0.25, -0.2) is 0 Å². The van der Waals surface area contributed by atoms with Gasteiger partial charge in [0, 0.05) is 32.7 Å². The number of alkyl halides is 4. The van der Waals surface area contributed by atoms with Gasteiger partial charge in [0.2, 0.25) is 0 Å². The molecule has 0 radical (unpaired) electrons. The van der Waals surface area contributed by atoms with E-state index in [0.29, 0.717) is 31.3 Å². The van der Waals surface area contributed by atoms with Crippen LogP contribution in [-0.2, 0) is 6.54 Å². The maximum atomic E-state index is 12.7. The van der Waals surface area contributed by atoms with Crippen molar-refractivity contribution in [3.63, 3.8) is 0 Å². The van der Waals surface area contributed by atoms with Crippen LogP contribution in [0.15, 0.2) is 53.5 Å². The van der Waals surface area contributed by atoms with Crippen LogP contribution in [0.4, 0.5) is 23.2 Å². The van der Waals surface area contributed by atoms with Crippen molar-refractivity contribution in [1.29, 1.82) is 0 Å². The molecule has 1 aliphatic rings. The molecule has 0 saturated carbocycles. The van der Waals surface area contributed by atoms with Gasteiger partial charge in [0.15, 0.2) is 5.96 Å². The van der Waals surface area contributed by atoms with E-state index in [4.69, 9.17) is 0 Å². The molecule has 3 rings (SSSR count). The van der Waals surface area contributed by atoms with Crippen LogP contribution in [0, 0.1) is 0 Å². The average molecular weight is 440 g/mol. The highest BCUT2D eigenvalue weighted by Gasteiger charge is 2.26. The largest absolute Gasteiger partial charge is 0.435 e. The molecule has 1 heterocycles. The maximum Gasteiger partial charge on any atom is 0.387 e. The van der Waals surface area contributed by atoms with E-state index in [1.54, 1.807) is 37.4 Å². The minimum absolute atomic E-state index is 0.0410. The van der Waals surface area contributed by atoms with Crippen molar-refractivity contribution in [2.24, 2.45) is 4.99 Å².